The van der Waals surface area contributed by atoms with E-state index in [1.54, 1.807) is 30.3 Å². The van der Waals surface area contributed by atoms with Gasteiger partial charge in [-0.15, -0.1) is 0 Å². The Labute approximate surface area is 136 Å². The minimum atomic E-state index is -1.69. The van der Waals surface area contributed by atoms with Gasteiger partial charge >= 0.3 is 5.97 Å². The molecule has 0 spiro atoms. The molecule has 1 unspecified atom stereocenters. The van der Waals surface area contributed by atoms with Crippen LogP contribution in [0.5, 0.6) is 0 Å². The topological polar surface area (TPSA) is 115 Å². The number of carboxylic acid groups (broad SMARTS) is 1. The van der Waals surface area contributed by atoms with Gasteiger partial charge in [-0.05, 0) is 5.56 Å². The lowest BCUT2D eigenvalue weighted by molar-refractivity contribution is -0.384. The van der Waals surface area contributed by atoms with Gasteiger partial charge in [0.25, 0.3) is 5.69 Å². The molecule has 0 aliphatic carbocycles. The summed E-state index contributed by atoms with van der Waals surface area (Å²) in [6, 6.07) is 13.2. The second kappa shape index (κ2) is 7.28. The highest BCUT2D eigenvalue weighted by atomic mass is 16.6. The van der Waals surface area contributed by atoms with Crippen LogP contribution < -0.4 is 0 Å². The first-order valence-corrected chi connectivity index (χ1v) is 7.00. The number of rotatable bonds is 7. The highest BCUT2D eigenvalue weighted by Crippen LogP contribution is 2.26. The minimum absolute atomic E-state index is 0.126. The normalized spacial score (nSPS) is 11.5. The number of hydrogen-bond donors (Lipinski definition) is 1. The van der Waals surface area contributed by atoms with Crippen LogP contribution in [-0.4, -0.2) is 27.6 Å². The Bertz CT molecular complexity index is 800. The van der Waals surface area contributed by atoms with Crippen LogP contribution >= 0.6 is 0 Å². The average Bonchev–Trinajstić information content (AvgIpc) is 2.59. The number of non-ortho nitro benzene ring substituents is 1. The lowest BCUT2D eigenvalue weighted by atomic mass is 9.88. The van der Waals surface area contributed by atoms with E-state index in [9.17, 15) is 24.5 Å². The monoisotopic (exact) mass is 327 g/mol. The van der Waals surface area contributed by atoms with Crippen molar-refractivity contribution < 1.29 is 24.4 Å². The molecule has 2 aromatic rings. The van der Waals surface area contributed by atoms with E-state index in [0.717, 1.165) is 6.07 Å². The average molecular weight is 327 g/mol. The molecule has 0 heterocycles. The predicted octanol–water partition coefficient (Wildman–Crippen LogP) is 2.61. The molecule has 0 saturated carbocycles. The molecule has 0 aliphatic heterocycles. The van der Waals surface area contributed by atoms with Gasteiger partial charge in [-0.2, -0.15) is 0 Å². The first-order valence-electron chi connectivity index (χ1n) is 7.00. The van der Waals surface area contributed by atoms with Crippen molar-refractivity contribution >= 4 is 23.2 Å². The van der Waals surface area contributed by atoms with Crippen molar-refractivity contribution in [2.24, 2.45) is 0 Å². The quantitative estimate of drug-likeness (QED) is 0.362. The molecule has 0 aliphatic rings. The van der Waals surface area contributed by atoms with Gasteiger partial charge in [0.05, 0.1) is 10.8 Å². The number of nitrogens with zero attached hydrogens (tertiary/aromatic N) is 1. The van der Waals surface area contributed by atoms with Crippen LogP contribution in [0.15, 0.2) is 54.6 Å². The van der Waals surface area contributed by atoms with Crippen LogP contribution in [0.4, 0.5) is 5.69 Å². The largest absolute Gasteiger partial charge is 0.475 e. The maximum absolute atomic E-state index is 12.3. The summed E-state index contributed by atoms with van der Waals surface area (Å²) in [4.78, 5) is 45.5. The van der Waals surface area contributed by atoms with E-state index in [0.29, 0.717) is 5.56 Å². The van der Waals surface area contributed by atoms with Crippen LogP contribution in [0.3, 0.4) is 0 Å². The number of carboxylic acids is 1. The molecule has 2 aromatic carbocycles. The SMILES string of the molecule is O=C(O)C(=O)C(CC(=O)c1ccccc1)c1cccc([N+](=O)[O-])c1. The molecule has 24 heavy (non-hydrogen) atoms. The Morgan fingerprint density at radius 1 is 1.04 bits per heavy atom. The molecule has 122 valence electrons. The number of hydrogen-bond acceptors (Lipinski definition) is 5. The molecule has 0 aromatic heterocycles. The molecule has 2 rings (SSSR count). The van der Waals surface area contributed by atoms with E-state index in [4.69, 9.17) is 5.11 Å². The molecule has 7 nitrogen and oxygen atoms in total. The lowest BCUT2D eigenvalue weighted by Crippen LogP contribution is -2.24. The maximum atomic E-state index is 12.3. The van der Waals surface area contributed by atoms with E-state index in [-0.39, 0.29) is 17.7 Å². The van der Waals surface area contributed by atoms with E-state index in [1.165, 1.54) is 18.2 Å². The Morgan fingerprint density at radius 3 is 2.29 bits per heavy atom. The van der Waals surface area contributed by atoms with Gasteiger partial charge in [0.15, 0.2) is 5.78 Å². The fourth-order valence-electron chi connectivity index (χ4n) is 2.29. The van der Waals surface area contributed by atoms with Gasteiger partial charge in [-0.25, -0.2) is 4.79 Å². The fourth-order valence-corrected chi connectivity index (χ4v) is 2.29. The predicted molar refractivity (Wildman–Crippen MR) is 83.9 cm³/mol. The zero-order valence-electron chi connectivity index (χ0n) is 12.4. The van der Waals surface area contributed by atoms with Crippen molar-refractivity contribution in [3.8, 4) is 0 Å². The van der Waals surface area contributed by atoms with Crippen molar-refractivity contribution in [2.45, 2.75) is 12.3 Å². The molecule has 0 radical (unpaired) electrons. The smallest absolute Gasteiger partial charge is 0.372 e. The third kappa shape index (κ3) is 3.89. The van der Waals surface area contributed by atoms with Crippen molar-refractivity contribution in [2.75, 3.05) is 0 Å². The van der Waals surface area contributed by atoms with Gasteiger partial charge in [-0.1, -0.05) is 42.5 Å². The Kier molecular flexibility index (Phi) is 5.16. The van der Waals surface area contributed by atoms with Gasteiger partial charge in [0, 0.05) is 24.1 Å². The van der Waals surface area contributed by atoms with Crippen molar-refractivity contribution in [1.29, 1.82) is 0 Å². The molecular weight excluding hydrogens is 314 g/mol. The summed E-state index contributed by atoms with van der Waals surface area (Å²) in [6.07, 6.45) is -0.379. The van der Waals surface area contributed by atoms with Crippen LogP contribution in [0.25, 0.3) is 0 Å². The summed E-state index contributed by atoms with van der Waals surface area (Å²) in [5.74, 6) is -4.57. The highest BCUT2D eigenvalue weighted by Gasteiger charge is 2.30. The number of ketones is 2. The standard InChI is InChI=1S/C17H13NO6/c19-15(11-5-2-1-3-6-11)10-14(16(20)17(21)22)12-7-4-8-13(9-12)18(23)24/h1-9,14H,10H2,(H,21,22). The summed E-state index contributed by atoms with van der Waals surface area (Å²) in [5, 5.41) is 19.8. The number of nitro benzene ring substituents is 1. The van der Waals surface area contributed by atoms with Crippen molar-refractivity contribution in [3.05, 3.63) is 75.8 Å². The summed E-state index contributed by atoms with van der Waals surface area (Å²) >= 11 is 0. The third-order valence-electron chi connectivity index (χ3n) is 3.50. The first kappa shape index (κ1) is 17.0. The molecule has 0 bridgehead atoms. The number of carbonyl (C=O) groups is 3. The third-order valence-corrected chi connectivity index (χ3v) is 3.50. The van der Waals surface area contributed by atoms with Crippen LogP contribution in [0.2, 0.25) is 0 Å². The number of nitro groups is 1. The number of carbonyl (C=O) groups excluding carboxylic acids is 2. The summed E-state index contributed by atoms with van der Waals surface area (Å²) in [6.45, 7) is 0. The highest BCUT2D eigenvalue weighted by molar-refractivity contribution is 6.35. The van der Waals surface area contributed by atoms with E-state index in [1.807, 2.05) is 0 Å². The van der Waals surface area contributed by atoms with Gasteiger partial charge in [0.1, 0.15) is 0 Å². The maximum Gasteiger partial charge on any atom is 0.372 e. The van der Waals surface area contributed by atoms with Crippen LogP contribution in [-0.2, 0) is 9.59 Å². The zero-order chi connectivity index (χ0) is 17.7. The summed E-state index contributed by atoms with van der Waals surface area (Å²) < 4.78 is 0. The fraction of sp³-hybridized carbons (Fsp3) is 0.118. The van der Waals surface area contributed by atoms with Crippen molar-refractivity contribution in [1.82, 2.24) is 0 Å². The number of aliphatic carboxylic acids is 1. The Balaban J connectivity index is 2.37. The van der Waals surface area contributed by atoms with Crippen molar-refractivity contribution in [3.63, 3.8) is 0 Å². The number of benzene rings is 2. The molecular formula is C17H13NO6. The van der Waals surface area contributed by atoms with Crippen LogP contribution in [0.1, 0.15) is 28.3 Å². The van der Waals surface area contributed by atoms with E-state index >= 15 is 0 Å². The minimum Gasteiger partial charge on any atom is -0.475 e. The second-order valence-electron chi connectivity index (χ2n) is 5.07. The molecule has 7 heteroatoms. The molecule has 0 saturated heterocycles. The lowest BCUT2D eigenvalue weighted by Gasteiger charge is -2.13. The second-order valence-corrected chi connectivity index (χ2v) is 5.07. The van der Waals surface area contributed by atoms with E-state index in [2.05, 4.69) is 0 Å². The van der Waals surface area contributed by atoms with Gasteiger partial charge < -0.3 is 5.11 Å². The summed E-state index contributed by atoms with van der Waals surface area (Å²) in [5.41, 5.74) is 0.190. The van der Waals surface area contributed by atoms with Gasteiger partial charge in [0.2, 0.25) is 5.78 Å². The summed E-state index contributed by atoms with van der Waals surface area (Å²) in [7, 11) is 0. The molecule has 1 atom stereocenters. The molecule has 0 fully saturated rings. The first-order chi connectivity index (χ1) is 11.4. The molecule has 1 N–H and O–H groups in total. The molecule has 0 amide bonds. The zero-order valence-corrected chi connectivity index (χ0v) is 12.4. The Hall–Kier alpha value is -3.35. The van der Waals surface area contributed by atoms with Crippen LogP contribution in [0, 0.1) is 10.1 Å². The Morgan fingerprint density at radius 2 is 1.71 bits per heavy atom. The number of Topliss-reactive ketones (excluding diaryl/α,β-unsaturated/α-hetero) is 2. The van der Waals surface area contributed by atoms with E-state index < -0.39 is 28.4 Å². The van der Waals surface area contributed by atoms with Gasteiger partial charge in [-0.3, -0.25) is 19.7 Å².